The van der Waals surface area contributed by atoms with Crippen molar-refractivity contribution in [1.29, 1.82) is 0 Å². The first kappa shape index (κ1) is 12.2. The number of hydrogen-bond donors (Lipinski definition) is 0. The number of aromatic nitrogens is 1. The van der Waals surface area contributed by atoms with Crippen LogP contribution in [-0.2, 0) is 11.2 Å². The second kappa shape index (κ2) is 5.00. The van der Waals surface area contributed by atoms with E-state index in [2.05, 4.69) is 29.2 Å². The quantitative estimate of drug-likeness (QED) is 0.825. The first-order valence-electron chi connectivity index (χ1n) is 6.81. The molecule has 0 spiro atoms. The SMILES string of the molecule is CC(=O)N1CC[C@@H](Cc2ccc3ncccc3c2)C1. The van der Waals surface area contributed by atoms with Gasteiger partial charge in [0.2, 0.25) is 5.91 Å². The van der Waals surface area contributed by atoms with Gasteiger partial charge in [-0.05, 0) is 42.5 Å². The lowest BCUT2D eigenvalue weighted by Crippen LogP contribution is -2.26. The summed E-state index contributed by atoms with van der Waals surface area (Å²) in [4.78, 5) is 17.6. The Bertz CT molecular complexity index is 608. The van der Waals surface area contributed by atoms with Crippen LogP contribution in [0.2, 0.25) is 0 Å². The second-order valence-corrected chi connectivity index (χ2v) is 5.35. The Hall–Kier alpha value is -1.90. The molecule has 3 rings (SSSR count). The highest BCUT2D eigenvalue weighted by Gasteiger charge is 2.24. The number of carbonyl (C=O) groups is 1. The highest BCUT2D eigenvalue weighted by molar-refractivity contribution is 5.78. The predicted octanol–water partition coefficient (Wildman–Crippen LogP) is 2.65. The van der Waals surface area contributed by atoms with E-state index in [1.54, 1.807) is 6.92 Å². The summed E-state index contributed by atoms with van der Waals surface area (Å²) in [6.45, 7) is 3.47. The molecule has 19 heavy (non-hydrogen) atoms. The Kier molecular flexibility index (Phi) is 3.20. The molecule has 1 aromatic heterocycles. The summed E-state index contributed by atoms with van der Waals surface area (Å²) in [5.74, 6) is 0.795. The summed E-state index contributed by atoms with van der Waals surface area (Å²) < 4.78 is 0. The molecule has 0 unspecified atom stereocenters. The Balaban J connectivity index is 1.73. The van der Waals surface area contributed by atoms with Gasteiger partial charge in [0.1, 0.15) is 0 Å². The Morgan fingerprint density at radius 2 is 2.32 bits per heavy atom. The number of fused-ring (bicyclic) bond motifs is 1. The second-order valence-electron chi connectivity index (χ2n) is 5.35. The summed E-state index contributed by atoms with van der Waals surface area (Å²) in [6.07, 6.45) is 3.99. The summed E-state index contributed by atoms with van der Waals surface area (Å²) in [5, 5.41) is 1.20. The molecule has 1 atom stereocenters. The van der Waals surface area contributed by atoms with Crippen LogP contribution in [0.4, 0.5) is 0 Å². The van der Waals surface area contributed by atoms with Crippen LogP contribution in [-0.4, -0.2) is 28.9 Å². The maximum atomic E-state index is 11.3. The minimum absolute atomic E-state index is 0.199. The lowest BCUT2D eigenvalue weighted by molar-refractivity contribution is -0.127. The molecule has 1 fully saturated rings. The van der Waals surface area contributed by atoms with Gasteiger partial charge in [-0.2, -0.15) is 0 Å². The molecule has 2 aromatic rings. The van der Waals surface area contributed by atoms with Crippen LogP contribution in [0.5, 0.6) is 0 Å². The molecule has 0 N–H and O–H groups in total. The van der Waals surface area contributed by atoms with Crippen molar-refractivity contribution < 1.29 is 4.79 Å². The molecule has 1 saturated heterocycles. The average Bonchev–Trinajstić information content (AvgIpc) is 2.87. The number of carbonyl (C=O) groups excluding carboxylic acids is 1. The Labute approximate surface area is 113 Å². The zero-order valence-corrected chi connectivity index (χ0v) is 11.2. The van der Waals surface area contributed by atoms with Crippen molar-refractivity contribution in [3.05, 3.63) is 42.1 Å². The van der Waals surface area contributed by atoms with E-state index in [1.165, 1.54) is 10.9 Å². The minimum Gasteiger partial charge on any atom is -0.343 e. The fourth-order valence-electron chi connectivity index (χ4n) is 2.87. The van der Waals surface area contributed by atoms with Crippen molar-refractivity contribution in [2.75, 3.05) is 13.1 Å². The van der Waals surface area contributed by atoms with Gasteiger partial charge in [0.05, 0.1) is 5.52 Å². The van der Waals surface area contributed by atoms with Crippen molar-refractivity contribution >= 4 is 16.8 Å². The largest absolute Gasteiger partial charge is 0.343 e. The number of nitrogens with zero attached hydrogens (tertiary/aromatic N) is 2. The van der Waals surface area contributed by atoms with E-state index in [-0.39, 0.29) is 5.91 Å². The summed E-state index contributed by atoms with van der Waals surface area (Å²) in [5.41, 5.74) is 2.39. The molecule has 1 aliphatic heterocycles. The zero-order chi connectivity index (χ0) is 13.2. The number of pyridine rings is 1. The molecule has 0 saturated carbocycles. The van der Waals surface area contributed by atoms with E-state index < -0.39 is 0 Å². The Morgan fingerprint density at radius 1 is 1.42 bits per heavy atom. The van der Waals surface area contributed by atoms with Crippen LogP contribution < -0.4 is 0 Å². The lowest BCUT2D eigenvalue weighted by atomic mass is 9.97. The van der Waals surface area contributed by atoms with Crippen LogP contribution >= 0.6 is 0 Å². The number of hydrogen-bond acceptors (Lipinski definition) is 2. The fraction of sp³-hybridized carbons (Fsp3) is 0.375. The molecule has 0 aliphatic carbocycles. The molecular weight excluding hydrogens is 236 g/mol. The van der Waals surface area contributed by atoms with E-state index in [9.17, 15) is 4.79 Å². The van der Waals surface area contributed by atoms with E-state index >= 15 is 0 Å². The molecule has 1 amide bonds. The van der Waals surface area contributed by atoms with Crippen LogP contribution in [0.1, 0.15) is 18.9 Å². The van der Waals surface area contributed by atoms with Crippen molar-refractivity contribution in [3.8, 4) is 0 Å². The fourth-order valence-corrected chi connectivity index (χ4v) is 2.87. The predicted molar refractivity (Wildman–Crippen MR) is 75.8 cm³/mol. The van der Waals surface area contributed by atoms with E-state index in [4.69, 9.17) is 0 Å². The van der Waals surface area contributed by atoms with Crippen LogP contribution in [0.15, 0.2) is 36.5 Å². The number of benzene rings is 1. The van der Waals surface area contributed by atoms with E-state index in [1.807, 2.05) is 17.2 Å². The molecule has 3 nitrogen and oxygen atoms in total. The van der Waals surface area contributed by atoms with Crippen LogP contribution in [0.25, 0.3) is 10.9 Å². The molecule has 98 valence electrons. The van der Waals surface area contributed by atoms with Gasteiger partial charge in [0.25, 0.3) is 0 Å². The minimum atomic E-state index is 0.199. The van der Waals surface area contributed by atoms with Crippen molar-refractivity contribution in [1.82, 2.24) is 9.88 Å². The van der Waals surface area contributed by atoms with Gasteiger partial charge in [-0.3, -0.25) is 9.78 Å². The van der Waals surface area contributed by atoms with Crippen molar-refractivity contribution in [2.24, 2.45) is 5.92 Å². The lowest BCUT2D eigenvalue weighted by Gasteiger charge is -2.14. The summed E-state index contributed by atoms with van der Waals surface area (Å²) in [6, 6.07) is 10.5. The zero-order valence-electron chi connectivity index (χ0n) is 11.2. The number of likely N-dealkylation sites (tertiary alicyclic amines) is 1. The standard InChI is InChI=1S/C16H18N2O/c1-12(19)18-8-6-14(11-18)9-13-4-5-16-15(10-13)3-2-7-17-16/h2-5,7,10,14H,6,8-9,11H2,1H3/t14-/m0/s1. The highest BCUT2D eigenvalue weighted by Crippen LogP contribution is 2.22. The topological polar surface area (TPSA) is 33.2 Å². The maximum absolute atomic E-state index is 11.3. The molecule has 2 heterocycles. The molecule has 3 heteroatoms. The summed E-state index contributed by atoms with van der Waals surface area (Å²) in [7, 11) is 0. The monoisotopic (exact) mass is 254 g/mol. The van der Waals surface area contributed by atoms with Gasteiger partial charge in [-0.15, -0.1) is 0 Å². The molecule has 0 bridgehead atoms. The third-order valence-electron chi connectivity index (χ3n) is 3.92. The van der Waals surface area contributed by atoms with Crippen LogP contribution in [0, 0.1) is 5.92 Å². The molecular formula is C16H18N2O. The molecule has 0 radical (unpaired) electrons. The third-order valence-corrected chi connectivity index (χ3v) is 3.92. The van der Waals surface area contributed by atoms with Gasteiger partial charge in [0, 0.05) is 31.6 Å². The highest BCUT2D eigenvalue weighted by atomic mass is 16.2. The third kappa shape index (κ3) is 2.60. The van der Waals surface area contributed by atoms with Gasteiger partial charge >= 0.3 is 0 Å². The molecule has 1 aromatic carbocycles. The first-order valence-corrected chi connectivity index (χ1v) is 6.81. The number of rotatable bonds is 2. The number of amides is 1. The average molecular weight is 254 g/mol. The normalized spacial score (nSPS) is 19.0. The smallest absolute Gasteiger partial charge is 0.219 e. The van der Waals surface area contributed by atoms with Gasteiger partial charge in [0.15, 0.2) is 0 Å². The van der Waals surface area contributed by atoms with Gasteiger partial charge < -0.3 is 4.90 Å². The van der Waals surface area contributed by atoms with Crippen molar-refractivity contribution in [3.63, 3.8) is 0 Å². The van der Waals surface area contributed by atoms with E-state index in [0.29, 0.717) is 5.92 Å². The van der Waals surface area contributed by atoms with Crippen molar-refractivity contribution in [2.45, 2.75) is 19.8 Å². The Morgan fingerprint density at radius 3 is 3.11 bits per heavy atom. The summed E-state index contributed by atoms with van der Waals surface area (Å²) >= 11 is 0. The maximum Gasteiger partial charge on any atom is 0.219 e. The van der Waals surface area contributed by atoms with Gasteiger partial charge in [-0.25, -0.2) is 0 Å². The van der Waals surface area contributed by atoms with Crippen LogP contribution in [0.3, 0.4) is 0 Å². The van der Waals surface area contributed by atoms with E-state index in [0.717, 1.165) is 31.4 Å². The first-order chi connectivity index (χ1) is 9.22. The van der Waals surface area contributed by atoms with Gasteiger partial charge in [-0.1, -0.05) is 12.1 Å². The molecule has 1 aliphatic rings.